The first-order valence-electron chi connectivity index (χ1n) is 5.59. The summed E-state index contributed by atoms with van der Waals surface area (Å²) in [6.07, 6.45) is 0.188. The second kappa shape index (κ2) is 6.33. The van der Waals surface area contributed by atoms with Gasteiger partial charge in [-0.1, -0.05) is 28.9 Å². The van der Waals surface area contributed by atoms with Gasteiger partial charge in [0.15, 0.2) is 15.1 Å². The maximum atomic E-state index is 12.3. The van der Waals surface area contributed by atoms with Crippen molar-refractivity contribution in [1.29, 1.82) is 0 Å². The Morgan fingerprint density at radius 2 is 2.06 bits per heavy atom. The molecule has 1 aromatic rings. The molecule has 0 N–H and O–H groups in total. The average Bonchev–Trinajstić information content (AvgIpc) is 2.30. The van der Waals surface area contributed by atoms with Crippen molar-refractivity contribution in [2.75, 3.05) is 6.61 Å². The summed E-state index contributed by atoms with van der Waals surface area (Å²) in [5.74, 6) is -0.694. The lowest BCUT2D eigenvalue weighted by molar-refractivity contribution is -0.142. The minimum atomic E-state index is -3.70. The van der Waals surface area contributed by atoms with E-state index in [9.17, 15) is 13.2 Å². The Morgan fingerprint density at radius 1 is 1.39 bits per heavy atom. The number of ether oxygens (including phenoxy) is 1. The highest BCUT2D eigenvalue weighted by molar-refractivity contribution is 9.10. The molecule has 1 rings (SSSR count). The molecule has 0 spiro atoms. The second-order valence-electron chi connectivity index (χ2n) is 3.65. The fourth-order valence-electron chi connectivity index (χ4n) is 1.56. The number of carbonyl (C=O) groups excluding carboxylic acids is 1. The van der Waals surface area contributed by atoms with Gasteiger partial charge >= 0.3 is 5.97 Å². The van der Waals surface area contributed by atoms with E-state index in [1.807, 2.05) is 0 Å². The van der Waals surface area contributed by atoms with Crippen LogP contribution in [0.4, 0.5) is 0 Å². The Morgan fingerprint density at radius 3 is 2.56 bits per heavy atom. The highest BCUT2D eigenvalue weighted by atomic mass is 79.9. The summed E-state index contributed by atoms with van der Waals surface area (Å²) in [4.78, 5) is 11.8. The van der Waals surface area contributed by atoms with Crippen molar-refractivity contribution in [3.8, 4) is 0 Å². The molecular formula is C12H15BrO4S. The molecule has 0 aliphatic carbocycles. The van der Waals surface area contributed by atoms with Crippen molar-refractivity contribution in [2.24, 2.45) is 0 Å². The molecule has 1 atom stereocenters. The summed E-state index contributed by atoms with van der Waals surface area (Å²) in [5, 5.41) is -1.15. The molecule has 1 aromatic carbocycles. The summed E-state index contributed by atoms with van der Waals surface area (Å²) >= 11 is 3.21. The van der Waals surface area contributed by atoms with Gasteiger partial charge in [-0.2, -0.15) is 0 Å². The monoisotopic (exact) mass is 334 g/mol. The molecule has 0 aliphatic rings. The van der Waals surface area contributed by atoms with Crippen molar-refractivity contribution in [3.05, 3.63) is 28.7 Å². The van der Waals surface area contributed by atoms with Crippen LogP contribution < -0.4 is 0 Å². The summed E-state index contributed by atoms with van der Waals surface area (Å²) in [7, 11) is -3.70. The zero-order chi connectivity index (χ0) is 13.8. The van der Waals surface area contributed by atoms with Crippen molar-refractivity contribution >= 4 is 31.7 Å². The predicted molar refractivity (Wildman–Crippen MR) is 72.0 cm³/mol. The van der Waals surface area contributed by atoms with E-state index < -0.39 is 21.1 Å². The zero-order valence-electron chi connectivity index (χ0n) is 10.2. The van der Waals surface area contributed by atoms with Crippen LogP contribution in [0.2, 0.25) is 0 Å². The fraction of sp³-hybridized carbons (Fsp3) is 0.417. The lowest BCUT2D eigenvalue weighted by atomic mass is 10.3. The van der Waals surface area contributed by atoms with E-state index in [1.165, 1.54) is 12.1 Å². The minimum Gasteiger partial charge on any atom is -0.465 e. The first-order valence-corrected chi connectivity index (χ1v) is 7.93. The highest BCUT2D eigenvalue weighted by Crippen LogP contribution is 2.22. The van der Waals surface area contributed by atoms with Crippen LogP contribution in [0, 0.1) is 0 Å². The highest BCUT2D eigenvalue weighted by Gasteiger charge is 2.33. The lowest BCUT2D eigenvalue weighted by Crippen LogP contribution is -2.31. The molecule has 0 bridgehead atoms. The largest absolute Gasteiger partial charge is 0.465 e. The molecule has 0 amide bonds. The third-order valence-electron chi connectivity index (χ3n) is 2.42. The maximum absolute atomic E-state index is 12.3. The average molecular weight is 335 g/mol. The molecule has 0 fully saturated rings. The molecule has 100 valence electrons. The molecule has 0 heterocycles. The summed E-state index contributed by atoms with van der Waals surface area (Å²) in [5.41, 5.74) is 0. The number of rotatable bonds is 5. The van der Waals surface area contributed by atoms with E-state index in [-0.39, 0.29) is 17.9 Å². The van der Waals surface area contributed by atoms with E-state index in [0.29, 0.717) is 4.47 Å². The quantitative estimate of drug-likeness (QED) is 0.776. The van der Waals surface area contributed by atoms with Gasteiger partial charge in [-0.3, -0.25) is 4.79 Å². The minimum absolute atomic E-state index is 0.122. The van der Waals surface area contributed by atoms with Crippen molar-refractivity contribution < 1.29 is 17.9 Å². The van der Waals surface area contributed by atoms with Crippen LogP contribution in [0.5, 0.6) is 0 Å². The van der Waals surface area contributed by atoms with Gasteiger partial charge in [0.25, 0.3) is 0 Å². The van der Waals surface area contributed by atoms with Crippen LogP contribution >= 0.6 is 15.9 Å². The topological polar surface area (TPSA) is 60.4 Å². The van der Waals surface area contributed by atoms with Crippen LogP contribution in [0.1, 0.15) is 20.3 Å². The van der Waals surface area contributed by atoms with E-state index in [0.717, 1.165) is 0 Å². The Labute approximate surface area is 115 Å². The Bertz CT molecular complexity index is 525. The SMILES string of the molecule is CCOC(=O)C(CC)S(=O)(=O)c1cccc(Br)c1. The van der Waals surface area contributed by atoms with Gasteiger partial charge in [-0.15, -0.1) is 0 Å². The molecular weight excluding hydrogens is 320 g/mol. The smallest absolute Gasteiger partial charge is 0.324 e. The van der Waals surface area contributed by atoms with Crippen LogP contribution in [0.15, 0.2) is 33.6 Å². The summed E-state index contributed by atoms with van der Waals surface area (Å²) in [6.45, 7) is 3.47. The summed E-state index contributed by atoms with van der Waals surface area (Å²) in [6, 6.07) is 6.30. The number of carbonyl (C=O) groups is 1. The molecule has 0 saturated heterocycles. The van der Waals surface area contributed by atoms with Crippen LogP contribution in [0.25, 0.3) is 0 Å². The molecule has 4 nitrogen and oxygen atoms in total. The third kappa shape index (κ3) is 3.32. The van der Waals surface area contributed by atoms with Crippen LogP contribution in [0.3, 0.4) is 0 Å². The number of benzene rings is 1. The van der Waals surface area contributed by atoms with Gasteiger partial charge in [0.05, 0.1) is 11.5 Å². The number of halogens is 1. The molecule has 1 unspecified atom stereocenters. The lowest BCUT2D eigenvalue weighted by Gasteiger charge is -2.14. The molecule has 6 heteroatoms. The number of esters is 1. The molecule has 0 saturated carbocycles. The van der Waals surface area contributed by atoms with E-state index in [1.54, 1.807) is 26.0 Å². The maximum Gasteiger partial charge on any atom is 0.324 e. The van der Waals surface area contributed by atoms with E-state index in [2.05, 4.69) is 15.9 Å². The fourth-order valence-corrected chi connectivity index (χ4v) is 3.76. The van der Waals surface area contributed by atoms with Crippen molar-refractivity contribution in [3.63, 3.8) is 0 Å². The standard InChI is InChI=1S/C12H15BrO4S/c1-3-11(12(14)17-4-2)18(15,16)10-7-5-6-9(13)8-10/h5-8,11H,3-4H2,1-2H3. The van der Waals surface area contributed by atoms with Crippen LogP contribution in [-0.2, 0) is 19.4 Å². The second-order valence-corrected chi connectivity index (χ2v) is 6.70. The molecule has 18 heavy (non-hydrogen) atoms. The molecule has 0 aromatic heterocycles. The number of sulfone groups is 1. The first kappa shape index (κ1) is 15.2. The normalized spacial score (nSPS) is 13.1. The van der Waals surface area contributed by atoms with Gasteiger partial charge in [-0.25, -0.2) is 8.42 Å². The van der Waals surface area contributed by atoms with E-state index in [4.69, 9.17) is 4.74 Å². The molecule has 0 aliphatic heterocycles. The molecule has 0 radical (unpaired) electrons. The number of hydrogen-bond acceptors (Lipinski definition) is 4. The Hall–Kier alpha value is -0.880. The van der Waals surface area contributed by atoms with Gasteiger partial charge in [0.1, 0.15) is 0 Å². The third-order valence-corrected chi connectivity index (χ3v) is 5.10. The predicted octanol–water partition coefficient (Wildman–Crippen LogP) is 2.56. The van der Waals surface area contributed by atoms with Gasteiger partial charge in [-0.05, 0) is 31.5 Å². The van der Waals surface area contributed by atoms with Crippen molar-refractivity contribution in [2.45, 2.75) is 30.4 Å². The Balaban J connectivity index is 3.15. The van der Waals surface area contributed by atoms with Gasteiger partial charge < -0.3 is 4.74 Å². The van der Waals surface area contributed by atoms with Gasteiger partial charge in [0.2, 0.25) is 0 Å². The first-order chi connectivity index (χ1) is 8.43. The Kier molecular flexibility index (Phi) is 5.34. The van der Waals surface area contributed by atoms with Crippen LogP contribution in [-0.4, -0.2) is 26.2 Å². The van der Waals surface area contributed by atoms with Crippen molar-refractivity contribution in [1.82, 2.24) is 0 Å². The van der Waals surface area contributed by atoms with Gasteiger partial charge in [0, 0.05) is 4.47 Å². The number of hydrogen-bond donors (Lipinski definition) is 0. The zero-order valence-corrected chi connectivity index (χ0v) is 12.6. The van der Waals surface area contributed by atoms with E-state index >= 15 is 0 Å². The summed E-state index contributed by atoms with van der Waals surface area (Å²) < 4.78 is 30.1.